The Morgan fingerprint density at radius 3 is 2.79 bits per heavy atom. The molecule has 2 aromatic heterocycles. The summed E-state index contributed by atoms with van der Waals surface area (Å²) in [5, 5.41) is 10.4. The highest BCUT2D eigenvalue weighted by Crippen LogP contribution is 2.27. The summed E-state index contributed by atoms with van der Waals surface area (Å²) in [6.07, 6.45) is 4.72. The van der Waals surface area contributed by atoms with Gasteiger partial charge in [-0.3, -0.25) is 4.79 Å². The molecule has 0 saturated heterocycles. The molecule has 1 amide bonds. The zero-order valence-corrected chi connectivity index (χ0v) is 17.2. The van der Waals surface area contributed by atoms with Crippen molar-refractivity contribution in [3.05, 3.63) is 58.6 Å². The lowest BCUT2D eigenvalue weighted by Gasteiger charge is -2.26. The van der Waals surface area contributed by atoms with Gasteiger partial charge in [-0.25, -0.2) is 9.97 Å². The van der Waals surface area contributed by atoms with Crippen molar-refractivity contribution >= 4 is 46.1 Å². The Bertz CT molecular complexity index is 1050. The van der Waals surface area contributed by atoms with E-state index in [1.807, 2.05) is 25.1 Å². The molecule has 0 spiro atoms. The van der Waals surface area contributed by atoms with Crippen LogP contribution in [0.1, 0.15) is 24.5 Å². The molecule has 1 aliphatic rings. The molecule has 3 aromatic rings. The Morgan fingerprint density at radius 2 is 2.07 bits per heavy atom. The van der Waals surface area contributed by atoms with E-state index in [4.69, 9.17) is 0 Å². The molecule has 148 valence electrons. The summed E-state index contributed by atoms with van der Waals surface area (Å²) in [4.78, 5) is 26.7. The average Bonchev–Trinajstić information content (AvgIpc) is 3.26. The number of thiophene rings is 1. The maximum atomic E-state index is 11.4. The fourth-order valence-electron chi connectivity index (χ4n) is 3.28. The first-order valence-electron chi connectivity index (χ1n) is 9.40. The maximum absolute atomic E-state index is 11.4. The van der Waals surface area contributed by atoms with Crippen molar-refractivity contribution in [3.63, 3.8) is 0 Å². The van der Waals surface area contributed by atoms with Crippen LogP contribution in [0.25, 0.3) is 5.57 Å². The number of hydrogen-bond donors (Lipinski definition) is 2. The maximum Gasteiger partial charge on any atom is 0.232 e. The van der Waals surface area contributed by atoms with Gasteiger partial charge in [-0.15, -0.1) is 0 Å². The molecule has 8 heteroatoms. The second-order valence-electron chi connectivity index (χ2n) is 6.83. The van der Waals surface area contributed by atoms with Crippen LogP contribution >= 0.6 is 11.3 Å². The minimum Gasteiger partial charge on any atom is -0.337 e. The topological polar surface area (TPSA) is 83.0 Å². The third kappa shape index (κ3) is 4.43. The number of aromatic nitrogens is 3. The van der Waals surface area contributed by atoms with Gasteiger partial charge in [-0.1, -0.05) is 12.1 Å². The van der Waals surface area contributed by atoms with Crippen molar-refractivity contribution in [3.8, 4) is 0 Å². The van der Waals surface area contributed by atoms with Crippen LogP contribution in [0.3, 0.4) is 0 Å². The van der Waals surface area contributed by atoms with Crippen LogP contribution in [0.15, 0.2) is 47.4 Å². The van der Waals surface area contributed by atoms with E-state index < -0.39 is 0 Å². The fraction of sp³-hybridized carbons (Fsp3) is 0.238. The van der Waals surface area contributed by atoms with Gasteiger partial charge in [-0.2, -0.15) is 16.3 Å². The molecule has 1 aromatic carbocycles. The highest BCUT2D eigenvalue weighted by molar-refractivity contribution is 7.08. The van der Waals surface area contributed by atoms with Crippen molar-refractivity contribution in [1.29, 1.82) is 0 Å². The van der Waals surface area contributed by atoms with Gasteiger partial charge in [0.05, 0.1) is 0 Å². The van der Waals surface area contributed by atoms with Crippen LogP contribution < -0.4 is 15.5 Å². The highest BCUT2D eigenvalue weighted by Gasteiger charge is 2.17. The Balaban J connectivity index is 1.49. The molecule has 0 bridgehead atoms. The zero-order valence-electron chi connectivity index (χ0n) is 16.3. The SMILES string of the molecule is CC(=O)Nc1cccc(Nc2ncnc(N3CC=C(c4ccsc4)CC3)n2)c1C. The number of carbonyl (C=O) groups is 1. The van der Waals surface area contributed by atoms with Gasteiger partial charge in [0.15, 0.2) is 0 Å². The van der Waals surface area contributed by atoms with Crippen molar-refractivity contribution in [2.24, 2.45) is 0 Å². The Hall–Kier alpha value is -3.26. The van der Waals surface area contributed by atoms with Gasteiger partial charge in [0, 0.05) is 31.4 Å². The molecule has 7 nitrogen and oxygen atoms in total. The number of nitrogens with one attached hydrogen (secondary N) is 2. The molecular formula is C21H22N6OS. The lowest BCUT2D eigenvalue weighted by molar-refractivity contribution is -0.114. The van der Waals surface area contributed by atoms with Crippen LogP contribution in [0.5, 0.6) is 0 Å². The van der Waals surface area contributed by atoms with Crippen molar-refractivity contribution < 1.29 is 4.79 Å². The van der Waals surface area contributed by atoms with Crippen molar-refractivity contribution in [1.82, 2.24) is 15.0 Å². The number of amides is 1. The van der Waals surface area contributed by atoms with E-state index in [1.54, 1.807) is 11.3 Å². The molecule has 3 heterocycles. The van der Waals surface area contributed by atoms with E-state index in [9.17, 15) is 4.79 Å². The summed E-state index contributed by atoms with van der Waals surface area (Å²) < 4.78 is 0. The molecule has 0 radical (unpaired) electrons. The van der Waals surface area contributed by atoms with E-state index in [-0.39, 0.29) is 5.91 Å². The van der Waals surface area contributed by atoms with E-state index in [0.717, 1.165) is 36.4 Å². The number of nitrogens with zero attached hydrogens (tertiary/aromatic N) is 4. The molecule has 0 unspecified atom stereocenters. The molecule has 0 aliphatic carbocycles. The van der Waals surface area contributed by atoms with Crippen molar-refractivity contribution in [2.45, 2.75) is 20.3 Å². The second-order valence-corrected chi connectivity index (χ2v) is 7.61. The standard InChI is InChI=1S/C21H22N6OS/c1-14-18(24-15(2)28)4-3-5-19(14)25-20-22-13-23-21(26-20)27-9-6-16(7-10-27)17-8-11-29-12-17/h3-6,8,11-13H,7,9-10H2,1-2H3,(H,24,28)(H,22,23,25,26). The summed E-state index contributed by atoms with van der Waals surface area (Å²) in [6.45, 7) is 5.07. The number of benzene rings is 1. The largest absolute Gasteiger partial charge is 0.337 e. The van der Waals surface area contributed by atoms with E-state index in [2.05, 4.69) is 53.4 Å². The molecule has 4 rings (SSSR count). The predicted octanol–water partition coefficient (Wildman–Crippen LogP) is 4.24. The molecular weight excluding hydrogens is 384 g/mol. The van der Waals surface area contributed by atoms with Gasteiger partial charge in [0.1, 0.15) is 6.33 Å². The number of anilines is 4. The molecule has 2 N–H and O–H groups in total. The fourth-order valence-corrected chi connectivity index (χ4v) is 3.96. The van der Waals surface area contributed by atoms with E-state index in [0.29, 0.717) is 11.9 Å². The normalized spacial score (nSPS) is 13.7. The third-order valence-corrected chi connectivity index (χ3v) is 5.52. The molecule has 0 fully saturated rings. The Kier molecular flexibility index (Phi) is 5.53. The Labute approximate surface area is 173 Å². The third-order valence-electron chi connectivity index (χ3n) is 4.83. The number of carbonyl (C=O) groups excluding carboxylic acids is 1. The van der Waals surface area contributed by atoms with Gasteiger partial charge in [-0.05, 0) is 59.0 Å². The summed E-state index contributed by atoms with van der Waals surface area (Å²) in [5.74, 6) is 1.03. The van der Waals surface area contributed by atoms with Gasteiger partial charge >= 0.3 is 0 Å². The minimum absolute atomic E-state index is 0.104. The first-order valence-corrected chi connectivity index (χ1v) is 10.3. The van der Waals surface area contributed by atoms with Crippen molar-refractivity contribution in [2.75, 3.05) is 28.6 Å². The Morgan fingerprint density at radius 1 is 1.21 bits per heavy atom. The quantitative estimate of drug-likeness (QED) is 0.660. The summed E-state index contributed by atoms with van der Waals surface area (Å²) in [5.41, 5.74) is 5.21. The minimum atomic E-state index is -0.104. The monoisotopic (exact) mass is 406 g/mol. The van der Waals surface area contributed by atoms with Gasteiger partial charge in [0.2, 0.25) is 17.8 Å². The summed E-state index contributed by atoms with van der Waals surface area (Å²) in [6, 6.07) is 7.84. The van der Waals surface area contributed by atoms with Crippen LogP contribution in [0.4, 0.5) is 23.3 Å². The lowest BCUT2D eigenvalue weighted by atomic mass is 10.0. The van der Waals surface area contributed by atoms with Gasteiger partial charge < -0.3 is 15.5 Å². The molecule has 0 atom stereocenters. The molecule has 0 saturated carbocycles. The molecule has 1 aliphatic heterocycles. The first kappa shape index (κ1) is 19.1. The number of rotatable bonds is 5. The summed E-state index contributed by atoms with van der Waals surface area (Å²) in [7, 11) is 0. The first-order chi connectivity index (χ1) is 14.1. The molecule has 29 heavy (non-hydrogen) atoms. The van der Waals surface area contributed by atoms with Gasteiger partial charge in [0.25, 0.3) is 0 Å². The number of hydrogen-bond acceptors (Lipinski definition) is 7. The summed E-state index contributed by atoms with van der Waals surface area (Å²) >= 11 is 1.72. The lowest BCUT2D eigenvalue weighted by Crippen LogP contribution is -2.30. The van der Waals surface area contributed by atoms with E-state index in [1.165, 1.54) is 24.4 Å². The van der Waals surface area contributed by atoms with Crippen LogP contribution in [0, 0.1) is 6.92 Å². The van der Waals surface area contributed by atoms with Crippen LogP contribution in [0.2, 0.25) is 0 Å². The highest BCUT2D eigenvalue weighted by atomic mass is 32.1. The van der Waals surface area contributed by atoms with E-state index >= 15 is 0 Å². The smallest absolute Gasteiger partial charge is 0.232 e. The zero-order chi connectivity index (χ0) is 20.2. The van der Waals surface area contributed by atoms with Crippen LogP contribution in [-0.2, 0) is 4.79 Å². The average molecular weight is 407 g/mol. The van der Waals surface area contributed by atoms with Crippen LogP contribution in [-0.4, -0.2) is 33.9 Å². The second kappa shape index (κ2) is 8.40. The predicted molar refractivity (Wildman–Crippen MR) is 118 cm³/mol.